The number of hydrogen-bond donors (Lipinski definition) is 5. The molecule has 22 nitrogen and oxygen atoms in total. The van der Waals surface area contributed by atoms with Crippen LogP contribution in [0.15, 0.2) is 53.3 Å². The zero-order chi connectivity index (χ0) is 44.1. The van der Waals surface area contributed by atoms with Gasteiger partial charge in [-0.05, 0) is 49.2 Å². The van der Waals surface area contributed by atoms with Crippen molar-refractivity contribution in [2.75, 3.05) is 34.5 Å². The molecule has 4 rings (SSSR count). The Bertz CT molecular complexity index is 1830. The van der Waals surface area contributed by atoms with E-state index in [2.05, 4.69) is 20.6 Å². The summed E-state index contributed by atoms with van der Waals surface area (Å²) >= 11 is 0. The Morgan fingerprint density at radius 3 is 1.30 bits per heavy atom. The van der Waals surface area contributed by atoms with Crippen LogP contribution in [0.3, 0.4) is 0 Å². The van der Waals surface area contributed by atoms with Crippen molar-refractivity contribution in [2.45, 2.75) is 62.1 Å². The van der Waals surface area contributed by atoms with Gasteiger partial charge in [0.1, 0.15) is 11.5 Å². The fourth-order valence-electron chi connectivity index (χ4n) is 3.53. The second-order valence-electron chi connectivity index (χ2n) is 10.3. The van der Waals surface area contributed by atoms with E-state index in [1.54, 1.807) is 40.2 Å². The van der Waals surface area contributed by atoms with E-state index in [9.17, 15) is 14.4 Å². The van der Waals surface area contributed by atoms with Gasteiger partial charge in [0.05, 0.1) is 47.6 Å². The third-order valence-electron chi connectivity index (χ3n) is 5.54. The Morgan fingerprint density at radius 2 is 0.967 bits per heavy atom. The normalized spacial score (nSPS) is 8.68. The number of rotatable bonds is 11. The first-order valence-electron chi connectivity index (χ1n) is 16.3. The summed E-state index contributed by atoms with van der Waals surface area (Å²) < 4.78 is 27.8. The summed E-state index contributed by atoms with van der Waals surface area (Å²) in [7, 11) is 4.66. The Hall–Kier alpha value is -6.01. The van der Waals surface area contributed by atoms with Gasteiger partial charge in [0.15, 0.2) is 0 Å². The number of carbonyl (C=O) groups excluding carboxylic acids is 2. The monoisotopic (exact) mass is 1030 g/mol. The van der Waals surface area contributed by atoms with E-state index >= 15 is 0 Å². The van der Waals surface area contributed by atoms with Crippen molar-refractivity contribution >= 4 is 35.8 Å². The largest absolute Gasteiger partial charge is 0.497 e. The second-order valence-corrected chi connectivity index (χ2v) is 10.3. The molecule has 0 atom stereocenters. The summed E-state index contributed by atoms with van der Waals surface area (Å²) in [5.74, 6) is -2.81. The summed E-state index contributed by atoms with van der Waals surface area (Å²) in [5, 5.41) is 43.6. The molecule has 0 amide bonds. The van der Waals surface area contributed by atoms with Crippen LogP contribution >= 0.6 is 0 Å². The number of nitrogens with zero attached hydrogens (tertiary/aromatic N) is 5. The van der Waals surface area contributed by atoms with Gasteiger partial charge in [-0.3, -0.25) is 24.0 Å². The zero-order valence-corrected chi connectivity index (χ0v) is 36.8. The Balaban J connectivity index is -0.000000239. The van der Waals surface area contributed by atoms with Crippen LogP contribution in [-0.2, 0) is 80.7 Å². The molecule has 4 aromatic rings. The van der Waals surface area contributed by atoms with E-state index in [1.807, 2.05) is 36.4 Å². The van der Waals surface area contributed by atoms with Gasteiger partial charge < -0.3 is 44.1 Å². The van der Waals surface area contributed by atoms with Crippen LogP contribution in [0.25, 0.3) is 0 Å². The average molecular weight is 1030 g/mol. The fourth-order valence-corrected chi connectivity index (χ4v) is 3.53. The van der Waals surface area contributed by atoms with Crippen LogP contribution in [0.4, 0.5) is 0 Å². The van der Waals surface area contributed by atoms with Crippen molar-refractivity contribution in [2.24, 2.45) is 0 Å². The Kier molecular flexibility index (Phi) is 38.0. The topological polar surface area (TPSA) is 311 Å². The molecule has 0 bridgehead atoms. The molecule has 0 spiro atoms. The van der Waals surface area contributed by atoms with Crippen LogP contribution in [0.1, 0.15) is 81.1 Å². The number of benzene rings is 2. The quantitative estimate of drug-likeness (QED) is 0.106. The number of carboxylic acid groups (broad SMARTS) is 4. The van der Waals surface area contributed by atoms with Crippen molar-refractivity contribution in [3.05, 3.63) is 81.4 Å². The minimum atomic E-state index is -0.833. The minimum Gasteiger partial charge on any atom is -0.497 e. The Labute approximate surface area is 371 Å². The third kappa shape index (κ3) is 29.2. The molecule has 2 aromatic heterocycles. The van der Waals surface area contributed by atoms with Crippen LogP contribution in [0.5, 0.6) is 17.4 Å². The number of methoxy groups -OCH3 is 3. The molecular weight excluding hydrogens is 978 g/mol. The number of carboxylic acids is 4. The molecule has 0 saturated carbocycles. The molecule has 0 saturated heterocycles. The standard InChI is InChI=1S/C14H17N3O4.C13H15N3O4.4C2H4O2.CH4.2Rh/c1-4-21-14(18)12-13(20-3)17(16-15-12)9-10-5-7-11(19-2)8-6-10;1-3-20-13(18)11-12(17)16(15-14-11)8-9-4-6-10(19-2)7-5-9;4*1-2(3)4;;;/h5-8H,4,9H2,1-3H3;4-7,15H,3,8H2,1-2H3;4*1H3,(H,3,4);1H4;;. The van der Waals surface area contributed by atoms with Crippen molar-refractivity contribution in [3.63, 3.8) is 0 Å². The number of H-pyrrole nitrogens is 1. The molecule has 0 fully saturated rings. The molecule has 2 heterocycles. The maximum Gasteiger partial charge on any atom is 0.364 e. The number of esters is 2. The second kappa shape index (κ2) is 36.1. The van der Waals surface area contributed by atoms with Gasteiger partial charge in [-0.1, -0.05) is 36.9 Å². The molecular formula is C36H52N6O16Rh2. The molecule has 340 valence electrons. The SMILES string of the molecule is C.CC(=O)O.CC(=O)O.CC(=O)O.CC(=O)O.CCOC(=O)c1n[nH]n(Cc2ccc(OC)cc2)c1=O.CCOC(=O)c1nnn(Cc2ccc(OC)cc2)c1OC.[Rh].[Rh]. The maximum absolute atomic E-state index is 12.0. The van der Waals surface area contributed by atoms with Crippen molar-refractivity contribution in [3.8, 4) is 17.4 Å². The van der Waals surface area contributed by atoms with Crippen molar-refractivity contribution < 1.29 is 112 Å². The number of carbonyl (C=O) groups is 6. The molecule has 0 unspecified atom stereocenters. The van der Waals surface area contributed by atoms with Gasteiger partial charge in [-0.15, -0.1) is 10.2 Å². The minimum absolute atomic E-state index is 0. The summed E-state index contributed by atoms with van der Waals surface area (Å²) in [6, 6.07) is 14.8. The molecule has 5 N–H and O–H groups in total. The van der Waals surface area contributed by atoms with Crippen LogP contribution in [-0.4, -0.2) is 121 Å². The van der Waals surface area contributed by atoms with Crippen LogP contribution in [0, 0.1) is 0 Å². The smallest absolute Gasteiger partial charge is 0.364 e. The summed E-state index contributed by atoms with van der Waals surface area (Å²) in [6.45, 7) is 8.92. The predicted octanol–water partition coefficient (Wildman–Crippen LogP) is 3.32. The van der Waals surface area contributed by atoms with Crippen molar-refractivity contribution in [1.82, 2.24) is 30.0 Å². The summed E-state index contributed by atoms with van der Waals surface area (Å²) in [4.78, 5) is 71.2. The molecule has 0 aliphatic carbocycles. The number of aromatic nitrogens is 6. The molecule has 24 heteroatoms. The van der Waals surface area contributed by atoms with Crippen LogP contribution in [0.2, 0.25) is 0 Å². The first-order valence-corrected chi connectivity index (χ1v) is 16.3. The summed E-state index contributed by atoms with van der Waals surface area (Å²) in [5.41, 5.74) is 1.20. The number of aromatic amines is 1. The third-order valence-corrected chi connectivity index (χ3v) is 5.54. The van der Waals surface area contributed by atoms with E-state index in [4.69, 9.17) is 63.3 Å². The van der Waals surface area contributed by atoms with Gasteiger partial charge in [0.2, 0.25) is 17.3 Å². The molecule has 0 aliphatic heterocycles. The number of nitrogens with one attached hydrogen (secondary N) is 1. The molecule has 60 heavy (non-hydrogen) atoms. The molecule has 2 radical (unpaired) electrons. The average Bonchev–Trinajstić information content (AvgIpc) is 3.70. The molecule has 2 aromatic carbocycles. The summed E-state index contributed by atoms with van der Waals surface area (Å²) in [6.07, 6.45) is 0. The number of aliphatic carboxylic acids is 4. The van der Waals surface area contributed by atoms with E-state index in [1.165, 1.54) is 16.5 Å². The van der Waals surface area contributed by atoms with E-state index in [0.717, 1.165) is 50.3 Å². The van der Waals surface area contributed by atoms with Gasteiger partial charge in [-0.25, -0.2) is 24.2 Å². The first-order chi connectivity index (χ1) is 26.8. The zero-order valence-electron chi connectivity index (χ0n) is 33.5. The predicted molar refractivity (Wildman–Crippen MR) is 205 cm³/mol. The van der Waals surface area contributed by atoms with Gasteiger partial charge in [0.25, 0.3) is 23.9 Å². The maximum atomic E-state index is 12.0. The Morgan fingerprint density at radius 1 is 0.617 bits per heavy atom. The fraction of sp³-hybridized carbons (Fsp3) is 0.389. The van der Waals surface area contributed by atoms with Crippen molar-refractivity contribution in [1.29, 1.82) is 0 Å². The number of ether oxygens (including phenoxy) is 5. The molecule has 0 aliphatic rings. The number of hydrogen-bond acceptors (Lipinski definition) is 15. The van der Waals surface area contributed by atoms with E-state index in [-0.39, 0.29) is 83.4 Å². The van der Waals surface area contributed by atoms with Crippen LogP contribution < -0.4 is 19.8 Å². The first kappa shape index (κ1) is 63.2. The van der Waals surface area contributed by atoms with Gasteiger partial charge >= 0.3 is 17.5 Å². The van der Waals surface area contributed by atoms with E-state index < -0.39 is 41.4 Å². The van der Waals surface area contributed by atoms with Gasteiger partial charge in [0, 0.05) is 66.7 Å². The van der Waals surface area contributed by atoms with E-state index in [0.29, 0.717) is 6.54 Å². The van der Waals surface area contributed by atoms with Gasteiger partial charge in [-0.2, -0.15) is 0 Å².